The normalized spacial score (nSPS) is 19.6. The van der Waals surface area contributed by atoms with Gasteiger partial charge in [-0.15, -0.1) is 0 Å². The van der Waals surface area contributed by atoms with Crippen LogP contribution in [0.5, 0.6) is 11.5 Å². The number of aliphatic hydroxyl groups is 1. The standard InChI is InChI=1S/C24H33N3O6S/c1-16-13-27(17(2)15-28)24(29)20-7-6-8-21(23(20)33-22(16)14-26(3)4)25-34(30,31)19-11-9-18(32-5)10-12-19/h6-12,16-17,22,25,28H,13-15H2,1-5H3/t16-,17-,22+/m0/s1. The highest BCUT2D eigenvalue weighted by Crippen LogP contribution is 2.36. The molecule has 1 aliphatic heterocycles. The van der Waals surface area contributed by atoms with E-state index in [-0.39, 0.29) is 46.4 Å². The zero-order chi connectivity index (χ0) is 25.0. The Morgan fingerprint density at radius 2 is 1.91 bits per heavy atom. The number of carbonyl (C=O) groups is 1. The highest BCUT2D eigenvalue weighted by Gasteiger charge is 2.34. The molecule has 0 aromatic heterocycles. The van der Waals surface area contributed by atoms with E-state index in [0.717, 1.165) is 0 Å². The van der Waals surface area contributed by atoms with E-state index in [2.05, 4.69) is 4.72 Å². The molecule has 1 aliphatic rings. The van der Waals surface area contributed by atoms with E-state index < -0.39 is 16.1 Å². The van der Waals surface area contributed by atoms with Gasteiger partial charge >= 0.3 is 0 Å². The SMILES string of the molecule is COc1ccc(S(=O)(=O)Nc2cccc3c2O[C@H](CN(C)C)[C@@H](C)CN([C@@H](C)CO)C3=O)cc1. The molecule has 0 saturated heterocycles. The van der Waals surface area contributed by atoms with Crippen LogP contribution in [0.15, 0.2) is 47.4 Å². The first kappa shape index (κ1) is 25.8. The number of fused-ring (bicyclic) bond motifs is 1. The summed E-state index contributed by atoms with van der Waals surface area (Å²) < 4.78 is 40.3. The van der Waals surface area contributed by atoms with Crippen molar-refractivity contribution < 1.29 is 27.8 Å². The van der Waals surface area contributed by atoms with Crippen molar-refractivity contribution in [3.05, 3.63) is 48.0 Å². The number of hydrogen-bond donors (Lipinski definition) is 2. The Hall–Kier alpha value is -2.82. The Bertz CT molecular complexity index is 1100. The first-order chi connectivity index (χ1) is 16.1. The van der Waals surface area contributed by atoms with Crippen LogP contribution < -0.4 is 14.2 Å². The summed E-state index contributed by atoms with van der Waals surface area (Å²) in [5.74, 6) is 0.325. The number of hydrogen-bond acceptors (Lipinski definition) is 7. The number of anilines is 1. The monoisotopic (exact) mass is 491 g/mol. The average molecular weight is 492 g/mol. The Morgan fingerprint density at radius 1 is 1.24 bits per heavy atom. The first-order valence-electron chi connectivity index (χ1n) is 11.1. The van der Waals surface area contributed by atoms with Crippen LogP contribution in [0.1, 0.15) is 24.2 Å². The largest absolute Gasteiger partial charge is 0.497 e. The number of methoxy groups -OCH3 is 1. The van der Waals surface area contributed by atoms with Crippen LogP contribution in [0.2, 0.25) is 0 Å². The lowest BCUT2D eigenvalue weighted by molar-refractivity contribution is 0.0366. The van der Waals surface area contributed by atoms with E-state index in [1.807, 2.05) is 25.9 Å². The van der Waals surface area contributed by atoms with Crippen LogP contribution in [-0.2, 0) is 10.0 Å². The van der Waals surface area contributed by atoms with Crippen LogP contribution in [-0.4, -0.2) is 82.3 Å². The first-order valence-corrected chi connectivity index (χ1v) is 12.6. The summed E-state index contributed by atoms with van der Waals surface area (Å²) in [6.07, 6.45) is -0.318. The molecule has 1 amide bonds. The van der Waals surface area contributed by atoms with Crippen molar-refractivity contribution in [3.63, 3.8) is 0 Å². The fourth-order valence-corrected chi connectivity index (χ4v) is 4.92. The minimum atomic E-state index is -3.96. The molecule has 0 unspecified atom stereocenters. The second kappa shape index (κ2) is 10.6. The van der Waals surface area contributed by atoms with Crippen molar-refractivity contribution in [2.45, 2.75) is 30.9 Å². The lowest BCUT2D eigenvalue weighted by Crippen LogP contribution is -2.49. The Balaban J connectivity index is 2.07. The Kier molecular flexibility index (Phi) is 8.06. The Morgan fingerprint density at radius 3 is 2.50 bits per heavy atom. The van der Waals surface area contributed by atoms with Crippen LogP contribution in [0.3, 0.4) is 0 Å². The molecule has 10 heteroatoms. The number of carbonyl (C=O) groups excluding carboxylic acids is 1. The number of nitrogens with one attached hydrogen (secondary N) is 1. The van der Waals surface area contributed by atoms with E-state index in [1.54, 1.807) is 42.2 Å². The van der Waals surface area contributed by atoms with Crippen molar-refractivity contribution >= 4 is 21.6 Å². The zero-order valence-corrected chi connectivity index (χ0v) is 21.0. The van der Waals surface area contributed by atoms with Gasteiger partial charge in [0.25, 0.3) is 15.9 Å². The summed E-state index contributed by atoms with van der Waals surface area (Å²) >= 11 is 0. The van der Waals surface area contributed by atoms with E-state index in [9.17, 15) is 18.3 Å². The molecule has 2 aromatic rings. The molecule has 9 nitrogen and oxygen atoms in total. The molecule has 0 saturated carbocycles. The number of sulfonamides is 1. The predicted octanol–water partition coefficient (Wildman–Crippen LogP) is 2.28. The smallest absolute Gasteiger partial charge is 0.262 e. The second-order valence-electron chi connectivity index (χ2n) is 8.85. The highest BCUT2D eigenvalue weighted by atomic mass is 32.2. The van der Waals surface area contributed by atoms with Gasteiger partial charge in [-0.2, -0.15) is 0 Å². The van der Waals surface area contributed by atoms with E-state index >= 15 is 0 Å². The molecule has 3 rings (SSSR count). The molecule has 186 valence electrons. The summed E-state index contributed by atoms with van der Waals surface area (Å²) in [5.41, 5.74) is 0.419. The molecule has 0 aliphatic carbocycles. The predicted molar refractivity (Wildman–Crippen MR) is 130 cm³/mol. The molecule has 1 heterocycles. The van der Waals surface area contributed by atoms with Gasteiger partial charge in [0.05, 0.1) is 35.9 Å². The summed E-state index contributed by atoms with van der Waals surface area (Å²) in [4.78, 5) is 17.1. The Labute approximate surface area is 201 Å². The number of rotatable bonds is 8. The van der Waals surface area contributed by atoms with Crippen LogP contribution >= 0.6 is 0 Å². The lowest BCUT2D eigenvalue weighted by atomic mass is 9.99. The maximum atomic E-state index is 13.5. The molecule has 2 N–H and O–H groups in total. The van der Waals surface area contributed by atoms with Gasteiger partial charge in [-0.05, 0) is 57.4 Å². The molecule has 0 fully saturated rings. The summed E-state index contributed by atoms with van der Waals surface area (Å²) in [6, 6.07) is 10.4. The number of benzene rings is 2. The van der Waals surface area contributed by atoms with Gasteiger partial charge in [0.2, 0.25) is 0 Å². The molecule has 0 radical (unpaired) electrons. The second-order valence-corrected chi connectivity index (χ2v) is 10.5. The average Bonchev–Trinajstić information content (AvgIpc) is 2.80. The van der Waals surface area contributed by atoms with Gasteiger partial charge in [-0.1, -0.05) is 13.0 Å². The number of aliphatic hydroxyl groups excluding tert-OH is 1. The molecule has 3 atom stereocenters. The van der Waals surface area contributed by atoms with Crippen molar-refractivity contribution in [2.75, 3.05) is 45.6 Å². The van der Waals surface area contributed by atoms with E-state index in [0.29, 0.717) is 18.8 Å². The van der Waals surface area contributed by atoms with Crippen molar-refractivity contribution in [1.82, 2.24) is 9.80 Å². The number of para-hydroxylation sites is 1. The highest BCUT2D eigenvalue weighted by molar-refractivity contribution is 7.92. The number of ether oxygens (including phenoxy) is 2. The van der Waals surface area contributed by atoms with Crippen LogP contribution in [0.4, 0.5) is 5.69 Å². The maximum absolute atomic E-state index is 13.5. The van der Waals surface area contributed by atoms with Gasteiger partial charge in [-0.3, -0.25) is 9.52 Å². The molecule has 34 heavy (non-hydrogen) atoms. The molecular formula is C24H33N3O6S. The maximum Gasteiger partial charge on any atom is 0.262 e. The van der Waals surface area contributed by atoms with Gasteiger partial charge in [0.1, 0.15) is 11.9 Å². The van der Waals surface area contributed by atoms with Crippen molar-refractivity contribution in [1.29, 1.82) is 0 Å². The molecule has 2 aromatic carbocycles. The number of amides is 1. The minimum Gasteiger partial charge on any atom is -0.497 e. The quantitative estimate of drug-likeness (QED) is 0.583. The van der Waals surface area contributed by atoms with Crippen molar-refractivity contribution in [2.24, 2.45) is 5.92 Å². The van der Waals surface area contributed by atoms with Gasteiger partial charge in [-0.25, -0.2) is 8.42 Å². The summed E-state index contributed by atoms with van der Waals surface area (Å²) in [7, 11) is 1.39. The topological polar surface area (TPSA) is 108 Å². The van der Waals surface area contributed by atoms with Gasteiger partial charge in [0, 0.05) is 19.0 Å². The number of likely N-dealkylation sites (N-methyl/N-ethyl adjacent to an activating group) is 1. The van der Waals surface area contributed by atoms with Crippen molar-refractivity contribution in [3.8, 4) is 11.5 Å². The zero-order valence-electron chi connectivity index (χ0n) is 20.2. The third-order valence-electron chi connectivity index (χ3n) is 5.85. The summed E-state index contributed by atoms with van der Waals surface area (Å²) in [5, 5.41) is 9.75. The number of nitrogens with zero attached hydrogens (tertiary/aromatic N) is 2. The fourth-order valence-electron chi connectivity index (χ4n) is 3.86. The lowest BCUT2D eigenvalue weighted by Gasteiger charge is -2.38. The van der Waals surface area contributed by atoms with Crippen LogP contribution in [0, 0.1) is 5.92 Å². The molecule has 0 spiro atoms. The van der Waals surface area contributed by atoms with E-state index in [4.69, 9.17) is 9.47 Å². The third kappa shape index (κ3) is 5.63. The fraction of sp³-hybridized carbons (Fsp3) is 0.458. The molecular weight excluding hydrogens is 458 g/mol. The van der Waals surface area contributed by atoms with Gasteiger partial charge in [0.15, 0.2) is 5.75 Å². The van der Waals surface area contributed by atoms with E-state index in [1.165, 1.54) is 19.2 Å². The minimum absolute atomic E-state index is 0.0526. The third-order valence-corrected chi connectivity index (χ3v) is 7.23. The molecule has 0 bridgehead atoms. The van der Waals surface area contributed by atoms with Gasteiger partial charge < -0.3 is 24.4 Å². The summed E-state index contributed by atoms with van der Waals surface area (Å²) in [6.45, 7) is 4.55. The van der Waals surface area contributed by atoms with Crippen LogP contribution in [0.25, 0.3) is 0 Å².